The molecule has 0 spiro atoms. The van der Waals surface area contributed by atoms with Crippen molar-refractivity contribution in [1.29, 1.82) is 0 Å². The zero-order valence-corrected chi connectivity index (χ0v) is 13.5. The van der Waals surface area contributed by atoms with Gasteiger partial charge < -0.3 is 5.32 Å². The normalized spacial score (nSPS) is 18.5. The van der Waals surface area contributed by atoms with Crippen LogP contribution in [0.5, 0.6) is 0 Å². The molecule has 0 aromatic carbocycles. The Balaban J connectivity index is 1.94. The number of anilines is 1. The van der Waals surface area contributed by atoms with Crippen molar-refractivity contribution in [3.63, 3.8) is 0 Å². The maximum atomic E-state index is 11.4. The van der Waals surface area contributed by atoms with Crippen molar-refractivity contribution in [2.45, 2.75) is 25.8 Å². The molecule has 0 bridgehead atoms. The predicted molar refractivity (Wildman–Crippen MR) is 79.7 cm³/mol. The molecule has 2 rings (SSSR count). The van der Waals surface area contributed by atoms with Gasteiger partial charge in [0.05, 0.1) is 6.26 Å². The Morgan fingerprint density at radius 1 is 1.42 bits per heavy atom. The lowest BCUT2D eigenvalue weighted by atomic mass is 10.1. The molecule has 0 atom stereocenters. The lowest BCUT2D eigenvalue weighted by Crippen LogP contribution is -2.41. The minimum atomic E-state index is -3.05. The maximum absolute atomic E-state index is 11.4. The average molecular weight is 348 g/mol. The highest BCUT2D eigenvalue weighted by molar-refractivity contribution is 9.10. The fourth-order valence-corrected chi connectivity index (χ4v) is 3.25. The van der Waals surface area contributed by atoms with E-state index in [-0.39, 0.29) is 6.04 Å². The van der Waals surface area contributed by atoms with Crippen LogP contribution in [0.2, 0.25) is 0 Å². The monoisotopic (exact) mass is 347 g/mol. The number of nitrogens with one attached hydrogen (secondary N) is 1. The van der Waals surface area contributed by atoms with Gasteiger partial charge in [-0.25, -0.2) is 17.7 Å². The number of piperidine rings is 1. The topological polar surface area (TPSA) is 62.3 Å². The second-order valence-corrected chi connectivity index (χ2v) is 7.74. The third kappa shape index (κ3) is 3.90. The summed E-state index contributed by atoms with van der Waals surface area (Å²) in [6, 6.07) is 2.28. The fourth-order valence-electron chi connectivity index (χ4n) is 2.16. The van der Waals surface area contributed by atoms with Crippen LogP contribution in [-0.2, 0) is 10.0 Å². The maximum Gasteiger partial charge on any atom is 0.211 e. The minimum absolute atomic E-state index is 0.283. The number of aromatic nitrogens is 1. The van der Waals surface area contributed by atoms with Crippen molar-refractivity contribution >= 4 is 31.8 Å². The van der Waals surface area contributed by atoms with E-state index in [1.807, 2.05) is 13.0 Å². The number of nitrogens with zero attached hydrogens (tertiary/aromatic N) is 2. The molecule has 0 radical (unpaired) electrons. The van der Waals surface area contributed by atoms with Gasteiger partial charge in [0.15, 0.2) is 0 Å². The Morgan fingerprint density at radius 3 is 2.58 bits per heavy atom. The molecule has 19 heavy (non-hydrogen) atoms. The third-order valence-corrected chi connectivity index (χ3v) is 5.46. The van der Waals surface area contributed by atoms with Gasteiger partial charge in [0.25, 0.3) is 0 Å². The molecular formula is C12H18BrN3O2S. The van der Waals surface area contributed by atoms with Crippen LogP contribution in [0.4, 0.5) is 5.82 Å². The number of hydrogen-bond donors (Lipinski definition) is 1. The van der Waals surface area contributed by atoms with Crippen LogP contribution in [0.25, 0.3) is 0 Å². The van der Waals surface area contributed by atoms with Crippen LogP contribution in [0.3, 0.4) is 0 Å². The van der Waals surface area contributed by atoms with Crippen molar-refractivity contribution in [3.05, 3.63) is 22.3 Å². The molecule has 1 aliphatic heterocycles. The fraction of sp³-hybridized carbons (Fsp3) is 0.583. The first kappa shape index (κ1) is 14.7. The Morgan fingerprint density at radius 2 is 2.05 bits per heavy atom. The molecule has 7 heteroatoms. The first-order valence-corrected chi connectivity index (χ1v) is 8.84. The number of hydrogen-bond acceptors (Lipinski definition) is 4. The first-order chi connectivity index (χ1) is 8.86. The molecule has 1 aromatic rings. The Kier molecular flexibility index (Phi) is 4.47. The van der Waals surface area contributed by atoms with Crippen LogP contribution in [0.1, 0.15) is 18.4 Å². The van der Waals surface area contributed by atoms with Crippen LogP contribution in [-0.4, -0.2) is 43.1 Å². The molecule has 1 fully saturated rings. The number of aryl methyl sites for hydroxylation is 1. The summed E-state index contributed by atoms with van der Waals surface area (Å²) >= 11 is 3.42. The Hall–Kier alpha value is -0.660. The van der Waals surface area contributed by atoms with Crippen LogP contribution in [0, 0.1) is 6.92 Å². The molecule has 2 heterocycles. The highest BCUT2D eigenvalue weighted by Crippen LogP contribution is 2.20. The lowest BCUT2D eigenvalue weighted by molar-refractivity contribution is 0.331. The molecule has 1 aromatic heterocycles. The van der Waals surface area contributed by atoms with Gasteiger partial charge in [-0.2, -0.15) is 0 Å². The Labute approximate surface area is 122 Å². The highest BCUT2D eigenvalue weighted by atomic mass is 79.9. The van der Waals surface area contributed by atoms with E-state index in [0.717, 1.165) is 28.7 Å². The number of rotatable bonds is 3. The molecule has 5 nitrogen and oxygen atoms in total. The van der Waals surface area contributed by atoms with Gasteiger partial charge in [-0.05, 0) is 47.3 Å². The largest absolute Gasteiger partial charge is 0.367 e. The summed E-state index contributed by atoms with van der Waals surface area (Å²) in [5, 5.41) is 3.37. The number of halogens is 1. The van der Waals surface area contributed by atoms with Gasteiger partial charge in [-0.1, -0.05) is 0 Å². The van der Waals surface area contributed by atoms with Gasteiger partial charge in [0.2, 0.25) is 10.0 Å². The highest BCUT2D eigenvalue weighted by Gasteiger charge is 2.24. The van der Waals surface area contributed by atoms with Gasteiger partial charge in [-0.3, -0.25) is 0 Å². The quantitative estimate of drug-likeness (QED) is 0.908. The van der Waals surface area contributed by atoms with E-state index in [2.05, 4.69) is 26.2 Å². The standard InChI is InChI=1S/C12H18BrN3O2S/c1-9-7-12(14-8-11(9)13)15-10-3-5-16(6-4-10)19(2,17)18/h7-8,10H,3-6H2,1-2H3,(H,14,15). The average Bonchev–Trinajstić information content (AvgIpc) is 2.33. The molecule has 0 amide bonds. The van der Waals surface area contributed by atoms with Crippen LogP contribution in [0.15, 0.2) is 16.7 Å². The molecule has 0 unspecified atom stereocenters. The van der Waals surface area contributed by atoms with Gasteiger partial charge in [0, 0.05) is 29.8 Å². The molecule has 0 aliphatic carbocycles. The third-order valence-electron chi connectivity index (χ3n) is 3.32. The zero-order valence-electron chi connectivity index (χ0n) is 11.1. The summed E-state index contributed by atoms with van der Waals surface area (Å²) in [7, 11) is -3.05. The summed E-state index contributed by atoms with van der Waals surface area (Å²) < 4.78 is 25.4. The second-order valence-electron chi connectivity index (χ2n) is 4.90. The van der Waals surface area contributed by atoms with Crippen molar-refractivity contribution < 1.29 is 8.42 Å². The lowest BCUT2D eigenvalue weighted by Gasteiger charge is -2.30. The number of sulfonamides is 1. The van der Waals surface area contributed by atoms with Crippen molar-refractivity contribution in [1.82, 2.24) is 9.29 Å². The van der Waals surface area contributed by atoms with Crippen LogP contribution < -0.4 is 5.32 Å². The van der Waals surface area contributed by atoms with E-state index in [1.54, 1.807) is 6.20 Å². The SMILES string of the molecule is Cc1cc(NC2CCN(S(C)(=O)=O)CC2)ncc1Br. The molecule has 0 saturated carbocycles. The van der Waals surface area contributed by atoms with E-state index >= 15 is 0 Å². The van der Waals surface area contributed by atoms with Crippen molar-refractivity contribution in [2.75, 3.05) is 24.7 Å². The van der Waals surface area contributed by atoms with E-state index in [4.69, 9.17) is 0 Å². The minimum Gasteiger partial charge on any atom is -0.367 e. The molecule has 1 N–H and O–H groups in total. The molecule has 106 valence electrons. The van der Waals surface area contributed by atoms with Gasteiger partial charge in [-0.15, -0.1) is 0 Å². The van der Waals surface area contributed by atoms with Crippen molar-refractivity contribution in [2.24, 2.45) is 0 Å². The molecule has 1 aliphatic rings. The number of pyridine rings is 1. The van der Waals surface area contributed by atoms with Gasteiger partial charge >= 0.3 is 0 Å². The predicted octanol–water partition coefficient (Wildman–Crippen LogP) is 1.99. The van der Waals surface area contributed by atoms with E-state index in [0.29, 0.717) is 13.1 Å². The second kappa shape index (κ2) is 5.76. The first-order valence-electron chi connectivity index (χ1n) is 6.20. The van der Waals surface area contributed by atoms with E-state index in [1.165, 1.54) is 10.6 Å². The van der Waals surface area contributed by atoms with Crippen LogP contribution >= 0.6 is 15.9 Å². The summed E-state index contributed by atoms with van der Waals surface area (Å²) in [5.41, 5.74) is 1.13. The Bertz CT molecular complexity index is 554. The van der Waals surface area contributed by atoms with Gasteiger partial charge in [0.1, 0.15) is 5.82 Å². The molecular weight excluding hydrogens is 330 g/mol. The molecule has 1 saturated heterocycles. The summed E-state index contributed by atoms with van der Waals surface area (Å²) in [5.74, 6) is 0.846. The van der Waals surface area contributed by atoms with Crippen molar-refractivity contribution in [3.8, 4) is 0 Å². The smallest absolute Gasteiger partial charge is 0.211 e. The summed E-state index contributed by atoms with van der Waals surface area (Å²) in [6.45, 7) is 3.17. The summed E-state index contributed by atoms with van der Waals surface area (Å²) in [6.07, 6.45) is 4.66. The zero-order chi connectivity index (χ0) is 14.0. The van der Waals surface area contributed by atoms with E-state index < -0.39 is 10.0 Å². The van der Waals surface area contributed by atoms with E-state index in [9.17, 15) is 8.42 Å². The summed E-state index contributed by atoms with van der Waals surface area (Å²) in [4.78, 5) is 4.31.